The summed E-state index contributed by atoms with van der Waals surface area (Å²) in [5, 5.41) is 7.16. The van der Waals surface area contributed by atoms with E-state index in [0.717, 1.165) is 24.4 Å². The number of para-hydroxylation sites is 1. The molecule has 2 unspecified atom stereocenters. The maximum absolute atomic E-state index is 5.83. The molecule has 1 aliphatic rings. The minimum Gasteiger partial charge on any atom is -0.480 e. The maximum Gasteiger partial charge on any atom is 0.268 e. The Balaban J connectivity index is 1.72. The lowest BCUT2D eigenvalue weighted by molar-refractivity contribution is 0.183. The SMILES string of the molecule is CNC(C)Cc1noc(C2Cc3ccccc3O2)n1. The Hall–Kier alpha value is -1.88. The zero-order valence-corrected chi connectivity index (χ0v) is 11.1. The van der Waals surface area contributed by atoms with Gasteiger partial charge in [0.1, 0.15) is 5.75 Å². The van der Waals surface area contributed by atoms with E-state index in [9.17, 15) is 0 Å². The standard InChI is InChI=1S/C14H17N3O2/c1-9(15-2)7-13-16-14(19-17-13)12-8-10-5-3-4-6-11(10)18-12/h3-6,9,12,15H,7-8H2,1-2H3. The molecule has 1 aliphatic heterocycles. The van der Waals surface area contributed by atoms with Gasteiger partial charge < -0.3 is 14.6 Å². The molecule has 100 valence electrons. The first-order valence-corrected chi connectivity index (χ1v) is 6.50. The minimum atomic E-state index is -0.149. The van der Waals surface area contributed by atoms with Crippen LogP contribution in [0.25, 0.3) is 0 Å². The van der Waals surface area contributed by atoms with Crippen molar-refractivity contribution in [1.29, 1.82) is 0 Å². The highest BCUT2D eigenvalue weighted by atomic mass is 16.5. The van der Waals surface area contributed by atoms with Crippen LogP contribution in [0.3, 0.4) is 0 Å². The molecule has 2 heterocycles. The van der Waals surface area contributed by atoms with Crippen LogP contribution in [0.4, 0.5) is 0 Å². The lowest BCUT2D eigenvalue weighted by atomic mass is 10.1. The minimum absolute atomic E-state index is 0.149. The first-order chi connectivity index (χ1) is 9.26. The Morgan fingerprint density at radius 2 is 2.26 bits per heavy atom. The van der Waals surface area contributed by atoms with Gasteiger partial charge >= 0.3 is 0 Å². The van der Waals surface area contributed by atoms with Crippen molar-refractivity contribution in [3.8, 4) is 5.75 Å². The second-order valence-corrected chi connectivity index (χ2v) is 4.86. The quantitative estimate of drug-likeness (QED) is 0.908. The number of rotatable bonds is 4. The van der Waals surface area contributed by atoms with Gasteiger partial charge in [-0.2, -0.15) is 4.98 Å². The maximum atomic E-state index is 5.83. The Kier molecular flexibility index (Phi) is 3.21. The van der Waals surface area contributed by atoms with Gasteiger partial charge in [0.15, 0.2) is 11.9 Å². The molecule has 2 atom stereocenters. The molecule has 0 fully saturated rings. The Morgan fingerprint density at radius 3 is 3.05 bits per heavy atom. The molecule has 2 aromatic rings. The summed E-state index contributed by atoms with van der Waals surface area (Å²) < 4.78 is 11.1. The van der Waals surface area contributed by atoms with Crippen LogP contribution < -0.4 is 10.1 Å². The normalized spacial score (nSPS) is 18.9. The summed E-state index contributed by atoms with van der Waals surface area (Å²) in [6, 6.07) is 8.34. The van der Waals surface area contributed by atoms with Crippen molar-refractivity contribution in [2.75, 3.05) is 7.05 Å². The second kappa shape index (κ2) is 5.01. The van der Waals surface area contributed by atoms with E-state index >= 15 is 0 Å². The van der Waals surface area contributed by atoms with Gasteiger partial charge in [-0.25, -0.2) is 0 Å². The van der Waals surface area contributed by atoms with E-state index in [4.69, 9.17) is 9.26 Å². The van der Waals surface area contributed by atoms with E-state index < -0.39 is 0 Å². The van der Waals surface area contributed by atoms with Gasteiger partial charge in [0.2, 0.25) is 0 Å². The average molecular weight is 259 g/mol. The summed E-state index contributed by atoms with van der Waals surface area (Å²) >= 11 is 0. The molecule has 0 bridgehead atoms. The van der Waals surface area contributed by atoms with Crippen molar-refractivity contribution < 1.29 is 9.26 Å². The molecule has 0 aliphatic carbocycles. The lowest BCUT2D eigenvalue weighted by Crippen LogP contribution is -2.24. The third-order valence-electron chi connectivity index (χ3n) is 3.39. The largest absolute Gasteiger partial charge is 0.480 e. The van der Waals surface area contributed by atoms with Gasteiger partial charge in [0.05, 0.1) is 0 Å². The molecular formula is C14H17N3O2. The van der Waals surface area contributed by atoms with Gasteiger partial charge in [0, 0.05) is 18.9 Å². The van der Waals surface area contributed by atoms with Crippen LogP contribution in [0, 0.1) is 0 Å². The fraction of sp³-hybridized carbons (Fsp3) is 0.429. The molecule has 0 amide bonds. The van der Waals surface area contributed by atoms with Crippen LogP contribution in [-0.2, 0) is 12.8 Å². The summed E-state index contributed by atoms with van der Waals surface area (Å²) in [6.07, 6.45) is 1.39. The van der Waals surface area contributed by atoms with Crippen molar-refractivity contribution >= 4 is 0 Å². The molecule has 5 heteroatoms. The highest BCUT2D eigenvalue weighted by Crippen LogP contribution is 2.35. The van der Waals surface area contributed by atoms with Gasteiger partial charge in [-0.1, -0.05) is 23.4 Å². The number of nitrogens with zero attached hydrogens (tertiary/aromatic N) is 2. The molecule has 0 saturated carbocycles. The summed E-state index contributed by atoms with van der Waals surface area (Å²) in [6.45, 7) is 2.08. The third kappa shape index (κ3) is 2.46. The van der Waals surface area contributed by atoms with Gasteiger partial charge in [-0.05, 0) is 25.6 Å². The van der Waals surface area contributed by atoms with E-state index in [-0.39, 0.29) is 6.10 Å². The molecular weight excluding hydrogens is 242 g/mol. The van der Waals surface area contributed by atoms with Gasteiger partial charge in [-0.3, -0.25) is 0 Å². The lowest BCUT2D eigenvalue weighted by Gasteiger charge is -2.05. The van der Waals surface area contributed by atoms with Crippen molar-refractivity contribution in [3.63, 3.8) is 0 Å². The Bertz CT molecular complexity index is 542. The van der Waals surface area contributed by atoms with Crippen LogP contribution in [0.2, 0.25) is 0 Å². The summed E-state index contributed by atoms with van der Waals surface area (Å²) in [7, 11) is 1.92. The molecule has 1 aromatic heterocycles. The van der Waals surface area contributed by atoms with E-state index in [0.29, 0.717) is 11.9 Å². The average Bonchev–Trinajstić information content (AvgIpc) is 3.04. The second-order valence-electron chi connectivity index (χ2n) is 4.86. The van der Waals surface area contributed by atoms with E-state index in [2.05, 4.69) is 28.4 Å². The first kappa shape index (κ1) is 12.2. The third-order valence-corrected chi connectivity index (χ3v) is 3.39. The van der Waals surface area contributed by atoms with Crippen molar-refractivity contribution in [2.24, 2.45) is 0 Å². The fourth-order valence-corrected chi connectivity index (χ4v) is 2.18. The molecule has 1 aromatic carbocycles. The molecule has 0 saturated heterocycles. The van der Waals surface area contributed by atoms with Crippen LogP contribution in [-0.4, -0.2) is 23.2 Å². The van der Waals surface area contributed by atoms with Gasteiger partial charge in [-0.15, -0.1) is 0 Å². The number of likely N-dealkylation sites (N-methyl/N-ethyl adjacent to an activating group) is 1. The predicted octanol–water partition coefficient (Wildman–Crippen LogP) is 1.90. The molecule has 0 radical (unpaired) electrons. The zero-order valence-electron chi connectivity index (χ0n) is 11.1. The Morgan fingerprint density at radius 1 is 1.42 bits per heavy atom. The van der Waals surface area contributed by atoms with E-state index in [1.165, 1.54) is 5.56 Å². The fourth-order valence-electron chi connectivity index (χ4n) is 2.18. The van der Waals surface area contributed by atoms with E-state index in [1.54, 1.807) is 0 Å². The monoisotopic (exact) mass is 259 g/mol. The van der Waals surface area contributed by atoms with Crippen LogP contribution >= 0.6 is 0 Å². The van der Waals surface area contributed by atoms with Crippen LogP contribution in [0.5, 0.6) is 5.75 Å². The van der Waals surface area contributed by atoms with Crippen molar-refractivity contribution in [3.05, 3.63) is 41.5 Å². The van der Waals surface area contributed by atoms with Crippen molar-refractivity contribution in [1.82, 2.24) is 15.5 Å². The van der Waals surface area contributed by atoms with Gasteiger partial charge in [0.25, 0.3) is 5.89 Å². The number of hydrogen-bond acceptors (Lipinski definition) is 5. The predicted molar refractivity (Wildman–Crippen MR) is 70.0 cm³/mol. The highest BCUT2D eigenvalue weighted by molar-refractivity contribution is 5.37. The summed E-state index contributed by atoms with van der Waals surface area (Å²) in [5.74, 6) is 2.20. The topological polar surface area (TPSA) is 60.2 Å². The molecule has 1 N–H and O–H groups in total. The molecule has 0 spiro atoms. The van der Waals surface area contributed by atoms with Crippen LogP contribution in [0.1, 0.15) is 30.3 Å². The zero-order chi connectivity index (χ0) is 13.2. The number of hydrogen-bond donors (Lipinski definition) is 1. The van der Waals surface area contributed by atoms with E-state index in [1.807, 2.05) is 25.2 Å². The smallest absolute Gasteiger partial charge is 0.268 e. The number of benzene rings is 1. The van der Waals surface area contributed by atoms with Crippen molar-refractivity contribution in [2.45, 2.75) is 31.9 Å². The Labute approximate surface area is 112 Å². The number of aromatic nitrogens is 2. The molecule has 19 heavy (non-hydrogen) atoms. The number of nitrogens with one attached hydrogen (secondary N) is 1. The number of fused-ring (bicyclic) bond motifs is 1. The highest BCUT2D eigenvalue weighted by Gasteiger charge is 2.28. The van der Waals surface area contributed by atoms with Crippen LogP contribution in [0.15, 0.2) is 28.8 Å². The summed E-state index contributed by atoms with van der Waals surface area (Å²) in [4.78, 5) is 4.42. The molecule has 5 nitrogen and oxygen atoms in total. The number of ether oxygens (including phenoxy) is 1. The summed E-state index contributed by atoms with van der Waals surface area (Å²) in [5.41, 5.74) is 1.19. The first-order valence-electron chi connectivity index (χ1n) is 6.50. The molecule has 3 rings (SSSR count).